The van der Waals surface area contributed by atoms with Crippen LogP contribution in [-0.4, -0.2) is 15.9 Å². The number of carbonyl (C=O) groups excluding carboxylic acids is 1. The highest BCUT2D eigenvalue weighted by Gasteiger charge is 2.25. The van der Waals surface area contributed by atoms with Crippen LogP contribution in [-0.2, 0) is 4.79 Å². The fraction of sp³-hybridized carbons (Fsp3) is 0.0714. The lowest BCUT2D eigenvalue weighted by Crippen LogP contribution is -2.23. The number of hydrogen-bond acceptors (Lipinski definition) is 5. The van der Waals surface area contributed by atoms with Gasteiger partial charge in [0.1, 0.15) is 21.3 Å². The van der Waals surface area contributed by atoms with Crippen molar-refractivity contribution in [1.29, 1.82) is 0 Å². The van der Waals surface area contributed by atoms with Crippen molar-refractivity contribution in [3.63, 3.8) is 0 Å². The number of nitrogens with zero attached hydrogens (tertiary/aromatic N) is 2. The lowest BCUT2D eigenvalue weighted by molar-refractivity contribution is -0.118. The molecule has 0 saturated heterocycles. The predicted octanol–water partition coefficient (Wildman–Crippen LogP) is 1.89. The third-order valence-corrected chi connectivity index (χ3v) is 4.07. The molecule has 20 heavy (non-hydrogen) atoms. The molecule has 1 aromatic carbocycles. The van der Waals surface area contributed by atoms with Crippen LogP contribution in [0.5, 0.6) is 0 Å². The van der Waals surface area contributed by atoms with E-state index in [-0.39, 0.29) is 0 Å². The smallest absolute Gasteiger partial charge is 0.231 e. The first-order chi connectivity index (χ1) is 9.66. The van der Waals surface area contributed by atoms with Gasteiger partial charge in [0.25, 0.3) is 0 Å². The Morgan fingerprint density at radius 2 is 2.00 bits per heavy atom. The molecule has 1 amide bonds. The Balaban J connectivity index is 2.16. The molecule has 0 aliphatic heterocycles. The van der Waals surface area contributed by atoms with Crippen molar-refractivity contribution >= 4 is 33.3 Å². The molecular weight excluding hydrogens is 272 g/mol. The van der Waals surface area contributed by atoms with Crippen LogP contribution in [0.1, 0.15) is 16.5 Å². The summed E-state index contributed by atoms with van der Waals surface area (Å²) in [4.78, 5) is 21.3. The molecule has 0 saturated carbocycles. The molecule has 0 spiro atoms. The van der Waals surface area contributed by atoms with Gasteiger partial charge in [0.2, 0.25) is 5.91 Å². The Morgan fingerprint density at radius 1 is 1.20 bits per heavy atom. The van der Waals surface area contributed by atoms with Crippen molar-refractivity contribution in [2.75, 3.05) is 5.73 Å². The van der Waals surface area contributed by atoms with Gasteiger partial charge in [-0.2, -0.15) is 0 Å². The normalized spacial score (nSPS) is 12.4. The molecule has 5 nitrogen and oxygen atoms in total. The second-order valence-corrected chi connectivity index (χ2v) is 5.35. The van der Waals surface area contributed by atoms with Crippen LogP contribution in [0, 0.1) is 0 Å². The van der Waals surface area contributed by atoms with Gasteiger partial charge >= 0.3 is 0 Å². The molecule has 0 radical (unpaired) electrons. The second kappa shape index (κ2) is 4.90. The number of fused-ring (bicyclic) bond motifs is 1. The fourth-order valence-corrected chi connectivity index (χ4v) is 3.13. The zero-order chi connectivity index (χ0) is 14.1. The molecule has 0 aliphatic rings. The van der Waals surface area contributed by atoms with Crippen molar-refractivity contribution in [3.8, 4) is 0 Å². The van der Waals surface area contributed by atoms with Gasteiger partial charge in [-0.05, 0) is 23.8 Å². The zero-order valence-corrected chi connectivity index (χ0v) is 11.3. The number of thiazole rings is 1. The van der Waals surface area contributed by atoms with Crippen LogP contribution in [0.3, 0.4) is 0 Å². The number of rotatable bonds is 3. The van der Waals surface area contributed by atoms with Crippen LogP contribution in [0.25, 0.3) is 10.3 Å². The predicted molar refractivity (Wildman–Crippen MR) is 79.3 cm³/mol. The fourth-order valence-electron chi connectivity index (χ4n) is 2.09. The Hall–Kier alpha value is -2.47. The highest BCUT2D eigenvalue weighted by Crippen LogP contribution is 2.33. The number of hydrogen-bond donors (Lipinski definition) is 2. The topological polar surface area (TPSA) is 94.9 Å². The number of aromatic nitrogens is 2. The van der Waals surface area contributed by atoms with E-state index in [2.05, 4.69) is 9.97 Å². The maximum atomic E-state index is 11.8. The van der Waals surface area contributed by atoms with Crippen LogP contribution >= 0.6 is 11.3 Å². The van der Waals surface area contributed by atoms with E-state index in [9.17, 15) is 4.79 Å². The third kappa shape index (κ3) is 2.10. The molecular formula is C14H12N4OS. The molecule has 0 aliphatic carbocycles. The highest BCUT2D eigenvalue weighted by molar-refractivity contribution is 7.18. The number of carbonyl (C=O) groups is 1. The summed E-state index contributed by atoms with van der Waals surface area (Å²) in [7, 11) is 0. The van der Waals surface area contributed by atoms with E-state index in [1.54, 1.807) is 18.3 Å². The van der Waals surface area contributed by atoms with Gasteiger partial charge in [-0.1, -0.05) is 29.5 Å². The first kappa shape index (κ1) is 12.6. The second-order valence-electron chi connectivity index (χ2n) is 4.34. The van der Waals surface area contributed by atoms with Crippen molar-refractivity contribution in [3.05, 3.63) is 53.2 Å². The lowest BCUT2D eigenvalue weighted by Gasteiger charge is -2.13. The molecule has 2 aromatic heterocycles. The van der Waals surface area contributed by atoms with Crippen molar-refractivity contribution < 1.29 is 4.79 Å². The number of primary amides is 1. The maximum absolute atomic E-state index is 11.8. The number of pyridine rings is 1. The number of nitrogens with two attached hydrogens (primary N) is 2. The van der Waals surface area contributed by atoms with Gasteiger partial charge in [-0.3, -0.25) is 4.79 Å². The Bertz CT molecular complexity index is 750. The molecule has 100 valence electrons. The first-order valence-corrected chi connectivity index (χ1v) is 6.83. The Morgan fingerprint density at radius 3 is 2.70 bits per heavy atom. The quantitative estimate of drug-likeness (QED) is 0.718. The molecule has 1 atom stereocenters. The number of benzene rings is 1. The Labute approximate surface area is 119 Å². The highest BCUT2D eigenvalue weighted by atomic mass is 32.1. The summed E-state index contributed by atoms with van der Waals surface area (Å²) in [6.45, 7) is 0. The number of amides is 1. The summed E-state index contributed by atoms with van der Waals surface area (Å²) < 4.78 is 0. The largest absolute Gasteiger partial charge is 0.398 e. The van der Waals surface area contributed by atoms with E-state index in [1.165, 1.54) is 11.3 Å². The summed E-state index contributed by atoms with van der Waals surface area (Å²) in [5, 5.41) is 0.615. The monoisotopic (exact) mass is 284 g/mol. The van der Waals surface area contributed by atoms with Crippen molar-refractivity contribution in [2.24, 2.45) is 5.73 Å². The summed E-state index contributed by atoms with van der Waals surface area (Å²) in [5.74, 6) is -1.11. The third-order valence-electron chi connectivity index (χ3n) is 3.02. The van der Waals surface area contributed by atoms with Crippen LogP contribution in [0.2, 0.25) is 0 Å². The van der Waals surface area contributed by atoms with E-state index < -0.39 is 11.8 Å². The standard InChI is InChI=1S/C14H12N4OS/c15-9-5-2-1-4-8(9)11(12(16)19)14-18-10-6-3-7-17-13(10)20-14/h1-7,11H,15H2,(H2,16,19). The molecule has 4 N–H and O–H groups in total. The van der Waals surface area contributed by atoms with E-state index in [4.69, 9.17) is 11.5 Å². The molecule has 1 unspecified atom stereocenters. The van der Waals surface area contributed by atoms with Crippen molar-refractivity contribution in [2.45, 2.75) is 5.92 Å². The molecule has 2 heterocycles. The zero-order valence-electron chi connectivity index (χ0n) is 10.5. The summed E-state index contributed by atoms with van der Waals surface area (Å²) in [5.41, 5.74) is 13.5. The minimum Gasteiger partial charge on any atom is -0.398 e. The average Bonchev–Trinajstić information content (AvgIpc) is 2.84. The number of anilines is 1. The SMILES string of the molecule is NC(=O)C(c1nc2cccnc2s1)c1ccccc1N. The van der Waals surface area contributed by atoms with Crippen LogP contribution in [0.4, 0.5) is 5.69 Å². The summed E-state index contributed by atoms with van der Waals surface area (Å²) in [6, 6.07) is 10.8. The van der Waals surface area contributed by atoms with Gasteiger partial charge in [0, 0.05) is 11.9 Å². The summed E-state index contributed by atoms with van der Waals surface area (Å²) >= 11 is 1.36. The molecule has 0 fully saturated rings. The lowest BCUT2D eigenvalue weighted by atomic mass is 9.97. The molecule has 3 aromatic rings. The number of nitrogen functional groups attached to an aromatic ring is 1. The van der Waals surface area contributed by atoms with Crippen molar-refractivity contribution in [1.82, 2.24) is 9.97 Å². The van der Waals surface area contributed by atoms with Gasteiger partial charge in [0.15, 0.2) is 0 Å². The first-order valence-electron chi connectivity index (χ1n) is 6.02. The minimum absolute atomic E-state index is 0.470. The van der Waals surface area contributed by atoms with Gasteiger partial charge < -0.3 is 11.5 Å². The molecule has 0 bridgehead atoms. The van der Waals surface area contributed by atoms with Crippen LogP contribution in [0.15, 0.2) is 42.6 Å². The summed E-state index contributed by atoms with van der Waals surface area (Å²) in [6.07, 6.45) is 1.69. The van der Waals surface area contributed by atoms with E-state index >= 15 is 0 Å². The minimum atomic E-state index is -0.643. The van der Waals surface area contributed by atoms with Crippen LogP contribution < -0.4 is 11.5 Å². The average molecular weight is 284 g/mol. The Kier molecular flexibility index (Phi) is 3.08. The van der Waals surface area contributed by atoms with E-state index in [0.29, 0.717) is 16.3 Å². The van der Waals surface area contributed by atoms with E-state index in [1.807, 2.05) is 24.3 Å². The van der Waals surface area contributed by atoms with Gasteiger partial charge in [-0.25, -0.2) is 9.97 Å². The molecule has 6 heteroatoms. The number of para-hydroxylation sites is 1. The van der Waals surface area contributed by atoms with E-state index in [0.717, 1.165) is 10.3 Å². The van der Waals surface area contributed by atoms with Gasteiger partial charge in [-0.15, -0.1) is 0 Å². The molecule has 3 rings (SSSR count). The maximum Gasteiger partial charge on any atom is 0.231 e. The van der Waals surface area contributed by atoms with Gasteiger partial charge in [0.05, 0.1) is 0 Å².